The van der Waals surface area contributed by atoms with Gasteiger partial charge in [-0.2, -0.15) is 0 Å². The summed E-state index contributed by atoms with van der Waals surface area (Å²) in [5, 5.41) is 9.34. The van der Waals surface area contributed by atoms with E-state index >= 15 is 0 Å². The van der Waals surface area contributed by atoms with Crippen molar-refractivity contribution < 1.29 is 5.11 Å². The Labute approximate surface area is 141 Å². The first kappa shape index (κ1) is 15.8. The van der Waals surface area contributed by atoms with Gasteiger partial charge in [-0.3, -0.25) is 0 Å². The van der Waals surface area contributed by atoms with Crippen molar-refractivity contribution >= 4 is 11.8 Å². The molecule has 0 aliphatic carbocycles. The third-order valence-corrected chi connectivity index (χ3v) is 4.89. The molecule has 0 amide bonds. The fourth-order valence-corrected chi connectivity index (χ4v) is 3.63. The first-order chi connectivity index (χ1) is 11.4. The summed E-state index contributed by atoms with van der Waals surface area (Å²) in [6, 6.07) is 20.8. The highest BCUT2D eigenvalue weighted by molar-refractivity contribution is 7.99. The van der Waals surface area contributed by atoms with Crippen LogP contribution < -0.4 is 0 Å². The molecule has 0 fully saturated rings. The van der Waals surface area contributed by atoms with E-state index in [1.807, 2.05) is 36.7 Å². The lowest BCUT2D eigenvalue weighted by Crippen LogP contribution is -2.10. The molecule has 0 saturated carbocycles. The van der Waals surface area contributed by atoms with E-state index in [-0.39, 0.29) is 11.9 Å². The number of rotatable bonds is 7. The molecule has 1 unspecified atom stereocenters. The fraction of sp³-hybridized carbons (Fsp3) is 0.211. The van der Waals surface area contributed by atoms with Gasteiger partial charge in [-0.1, -0.05) is 60.7 Å². The second-order valence-corrected chi connectivity index (χ2v) is 6.50. The number of imidazole rings is 1. The minimum absolute atomic E-state index is 0.127. The van der Waals surface area contributed by atoms with Crippen LogP contribution in [0.25, 0.3) is 0 Å². The Balaban J connectivity index is 1.89. The molecule has 1 heterocycles. The van der Waals surface area contributed by atoms with Gasteiger partial charge in [0.05, 0.1) is 11.9 Å². The zero-order valence-corrected chi connectivity index (χ0v) is 13.7. The summed E-state index contributed by atoms with van der Waals surface area (Å²) in [6.45, 7) is 0.979. The first-order valence-corrected chi connectivity index (χ1v) is 8.75. The molecule has 3 rings (SSSR count). The number of hydrogen-bond donors (Lipinski definition) is 1. The number of aliphatic hydroxyl groups excluding tert-OH is 1. The van der Waals surface area contributed by atoms with Crippen LogP contribution in [0, 0.1) is 0 Å². The Kier molecular flexibility index (Phi) is 5.51. The van der Waals surface area contributed by atoms with Gasteiger partial charge >= 0.3 is 0 Å². The van der Waals surface area contributed by atoms with Crippen LogP contribution in [-0.2, 0) is 6.54 Å². The molecule has 1 N–H and O–H groups in total. The summed E-state index contributed by atoms with van der Waals surface area (Å²) < 4.78 is 2.19. The molecule has 1 aromatic heterocycles. The maximum Gasteiger partial charge on any atom is 0.126 e. The van der Waals surface area contributed by atoms with E-state index in [0.717, 1.165) is 12.4 Å². The Morgan fingerprint density at radius 3 is 2.39 bits per heavy atom. The average Bonchev–Trinajstić information content (AvgIpc) is 3.05. The van der Waals surface area contributed by atoms with Crippen molar-refractivity contribution in [2.45, 2.75) is 11.8 Å². The molecule has 3 aromatic rings. The van der Waals surface area contributed by atoms with E-state index in [1.165, 1.54) is 11.1 Å². The molecule has 3 nitrogen and oxygen atoms in total. The highest BCUT2D eigenvalue weighted by Crippen LogP contribution is 2.34. The molecule has 0 bridgehead atoms. The lowest BCUT2D eigenvalue weighted by atomic mass is 10.1. The lowest BCUT2D eigenvalue weighted by Gasteiger charge is -2.18. The van der Waals surface area contributed by atoms with Crippen LogP contribution in [0.5, 0.6) is 0 Å². The van der Waals surface area contributed by atoms with Gasteiger partial charge in [0.2, 0.25) is 0 Å². The standard InChI is InChI=1S/C19H20N2OS/c22-13-14-23-18(17-9-5-2-6-10-17)19-20-11-12-21(19)15-16-7-3-1-4-8-16/h1-12,18,22H,13-15H2. The molecule has 0 aliphatic rings. The van der Waals surface area contributed by atoms with E-state index in [4.69, 9.17) is 0 Å². The molecule has 0 spiro atoms. The first-order valence-electron chi connectivity index (χ1n) is 7.71. The predicted molar refractivity (Wildman–Crippen MR) is 95.6 cm³/mol. The zero-order chi connectivity index (χ0) is 15.9. The van der Waals surface area contributed by atoms with E-state index in [2.05, 4.69) is 45.9 Å². The molecular formula is C19H20N2OS. The van der Waals surface area contributed by atoms with Crippen LogP contribution >= 0.6 is 11.8 Å². The molecule has 118 valence electrons. The van der Waals surface area contributed by atoms with Crippen molar-refractivity contribution in [3.63, 3.8) is 0 Å². The topological polar surface area (TPSA) is 38.1 Å². The summed E-state index contributed by atoms with van der Waals surface area (Å²) >= 11 is 1.72. The lowest BCUT2D eigenvalue weighted by molar-refractivity contribution is 0.322. The van der Waals surface area contributed by atoms with Crippen molar-refractivity contribution in [1.82, 2.24) is 9.55 Å². The van der Waals surface area contributed by atoms with Crippen molar-refractivity contribution in [2.24, 2.45) is 0 Å². The van der Waals surface area contributed by atoms with Gasteiger partial charge in [0.25, 0.3) is 0 Å². The number of aromatic nitrogens is 2. The summed E-state index contributed by atoms with van der Waals surface area (Å²) in [5.41, 5.74) is 2.47. The maximum atomic E-state index is 9.22. The van der Waals surface area contributed by atoms with Crippen LogP contribution in [0.3, 0.4) is 0 Å². The van der Waals surface area contributed by atoms with Crippen molar-refractivity contribution in [3.05, 3.63) is 90.0 Å². The number of hydrogen-bond acceptors (Lipinski definition) is 3. The Morgan fingerprint density at radius 2 is 1.70 bits per heavy atom. The van der Waals surface area contributed by atoms with Crippen LogP contribution in [0.4, 0.5) is 0 Å². The largest absolute Gasteiger partial charge is 0.396 e. The normalized spacial score (nSPS) is 12.2. The fourth-order valence-electron chi connectivity index (χ4n) is 2.59. The van der Waals surface area contributed by atoms with E-state index in [0.29, 0.717) is 5.75 Å². The molecule has 1 atom stereocenters. The smallest absolute Gasteiger partial charge is 0.126 e. The Morgan fingerprint density at radius 1 is 1.00 bits per heavy atom. The molecule has 0 saturated heterocycles. The summed E-state index contributed by atoms with van der Waals surface area (Å²) in [6.07, 6.45) is 3.88. The van der Waals surface area contributed by atoms with E-state index < -0.39 is 0 Å². The van der Waals surface area contributed by atoms with Crippen molar-refractivity contribution in [1.29, 1.82) is 0 Å². The SMILES string of the molecule is OCCSC(c1ccccc1)c1nccn1Cc1ccccc1. The van der Waals surface area contributed by atoms with Gasteiger partial charge in [-0.15, -0.1) is 11.8 Å². The minimum atomic E-state index is 0.127. The minimum Gasteiger partial charge on any atom is -0.396 e. The highest BCUT2D eigenvalue weighted by Gasteiger charge is 2.19. The van der Waals surface area contributed by atoms with Crippen LogP contribution in [0.1, 0.15) is 22.2 Å². The van der Waals surface area contributed by atoms with Gasteiger partial charge in [0, 0.05) is 24.7 Å². The quantitative estimate of drug-likeness (QED) is 0.719. The predicted octanol–water partition coefficient (Wildman–Crippen LogP) is 3.75. The second-order valence-electron chi connectivity index (χ2n) is 5.28. The molecular weight excluding hydrogens is 304 g/mol. The molecule has 0 aliphatic heterocycles. The molecule has 2 aromatic carbocycles. The third-order valence-electron chi connectivity index (χ3n) is 3.66. The summed E-state index contributed by atoms with van der Waals surface area (Å²) in [5.74, 6) is 1.72. The zero-order valence-electron chi connectivity index (χ0n) is 12.9. The Hall–Kier alpha value is -2.04. The van der Waals surface area contributed by atoms with E-state index in [9.17, 15) is 5.11 Å². The van der Waals surface area contributed by atoms with Gasteiger partial charge in [-0.05, 0) is 11.1 Å². The highest BCUT2D eigenvalue weighted by atomic mass is 32.2. The Bertz CT molecular complexity index is 713. The maximum absolute atomic E-state index is 9.22. The number of benzene rings is 2. The number of nitrogens with zero attached hydrogens (tertiary/aromatic N) is 2. The summed E-state index contributed by atoms with van der Waals surface area (Å²) in [4.78, 5) is 4.60. The molecule has 23 heavy (non-hydrogen) atoms. The van der Waals surface area contributed by atoms with Crippen LogP contribution in [0.2, 0.25) is 0 Å². The molecule has 0 radical (unpaired) electrons. The summed E-state index contributed by atoms with van der Waals surface area (Å²) in [7, 11) is 0. The van der Waals surface area contributed by atoms with Crippen LogP contribution in [-0.4, -0.2) is 27.0 Å². The van der Waals surface area contributed by atoms with Crippen molar-refractivity contribution in [3.8, 4) is 0 Å². The average molecular weight is 324 g/mol. The van der Waals surface area contributed by atoms with Gasteiger partial charge in [0.15, 0.2) is 0 Å². The number of thioether (sulfide) groups is 1. The third kappa shape index (κ3) is 4.03. The monoisotopic (exact) mass is 324 g/mol. The second kappa shape index (κ2) is 7.99. The van der Waals surface area contributed by atoms with Gasteiger partial charge in [0.1, 0.15) is 5.82 Å². The van der Waals surface area contributed by atoms with Crippen LogP contribution in [0.15, 0.2) is 73.1 Å². The van der Waals surface area contributed by atoms with E-state index in [1.54, 1.807) is 11.8 Å². The van der Waals surface area contributed by atoms with Crippen molar-refractivity contribution in [2.75, 3.05) is 12.4 Å². The number of aliphatic hydroxyl groups is 1. The van der Waals surface area contributed by atoms with Gasteiger partial charge in [-0.25, -0.2) is 4.98 Å². The molecule has 4 heteroatoms. The van der Waals surface area contributed by atoms with Gasteiger partial charge < -0.3 is 9.67 Å².